The van der Waals surface area contributed by atoms with Gasteiger partial charge >= 0.3 is 0 Å². The molecule has 2 aromatic rings. The van der Waals surface area contributed by atoms with Crippen molar-refractivity contribution in [1.82, 2.24) is 0 Å². The topological polar surface area (TPSA) is 31.0 Å². The molecular formula is C25H36O3Si. The van der Waals surface area contributed by atoms with Crippen LogP contribution in [0.5, 0.6) is 0 Å². The standard InChI is InChI=1S/C25H36O3Si/c1-20(16-21(26-5)17-22-19-27-22)18-28-29(25(2,3)4,23-12-8-6-9-13-23)24-14-10-7-11-15-24/h6-15,20-22H,16-19H2,1-5H3/t20-,21-,22+/m0/s1. The van der Waals surface area contributed by atoms with Crippen molar-refractivity contribution in [2.75, 3.05) is 20.3 Å². The van der Waals surface area contributed by atoms with Crippen LogP contribution in [0.1, 0.15) is 40.5 Å². The fraction of sp³-hybridized carbons (Fsp3) is 0.520. The van der Waals surface area contributed by atoms with Gasteiger partial charge in [-0.25, -0.2) is 0 Å². The van der Waals surface area contributed by atoms with Crippen molar-refractivity contribution >= 4 is 18.7 Å². The minimum Gasteiger partial charge on any atom is -0.407 e. The maximum Gasteiger partial charge on any atom is 0.261 e. The molecule has 2 aromatic carbocycles. The largest absolute Gasteiger partial charge is 0.407 e. The van der Waals surface area contributed by atoms with E-state index in [0.29, 0.717) is 12.0 Å². The van der Waals surface area contributed by atoms with Crippen molar-refractivity contribution in [1.29, 1.82) is 0 Å². The number of hydrogen-bond acceptors (Lipinski definition) is 3. The van der Waals surface area contributed by atoms with Crippen molar-refractivity contribution in [2.45, 2.75) is 57.8 Å². The Balaban J connectivity index is 1.85. The molecule has 0 aliphatic carbocycles. The van der Waals surface area contributed by atoms with E-state index in [1.807, 2.05) is 7.11 Å². The summed E-state index contributed by atoms with van der Waals surface area (Å²) in [4.78, 5) is 0. The van der Waals surface area contributed by atoms with Gasteiger partial charge in [-0.1, -0.05) is 88.4 Å². The average molecular weight is 413 g/mol. The van der Waals surface area contributed by atoms with Crippen molar-refractivity contribution in [2.24, 2.45) is 5.92 Å². The monoisotopic (exact) mass is 412 g/mol. The molecule has 3 atom stereocenters. The van der Waals surface area contributed by atoms with E-state index in [9.17, 15) is 0 Å². The molecule has 1 heterocycles. The van der Waals surface area contributed by atoms with E-state index in [2.05, 4.69) is 88.4 Å². The normalized spacial score (nSPS) is 19.0. The summed E-state index contributed by atoms with van der Waals surface area (Å²) >= 11 is 0. The van der Waals surface area contributed by atoms with Crippen LogP contribution in [0, 0.1) is 5.92 Å². The van der Waals surface area contributed by atoms with Gasteiger partial charge < -0.3 is 13.9 Å². The molecule has 0 bridgehead atoms. The van der Waals surface area contributed by atoms with Crippen LogP contribution in [0.2, 0.25) is 5.04 Å². The van der Waals surface area contributed by atoms with Crippen molar-refractivity contribution < 1.29 is 13.9 Å². The van der Waals surface area contributed by atoms with Gasteiger partial charge in [0.25, 0.3) is 8.32 Å². The lowest BCUT2D eigenvalue weighted by Crippen LogP contribution is -2.66. The van der Waals surface area contributed by atoms with E-state index >= 15 is 0 Å². The number of rotatable bonds is 10. The fourth-order valence-corrected chi connectivity index (χ4v) is 9.02. The molecule has 0 spiro atoms. The lowest BCUT2D eigenvalue weighted by Gasteiger charge is -2.43. The zero-order chi connectivity index (χ0) is 20.9. The van der Waals surface area contributed by atoms with Gasteiger partial charge in [-0.2, -0.15) is 0 Å². The second kappa shape index (κ2) is 9.56. The summed E-state index contributed by atoms with van der Waals surface area (Å²) in [6, 6.07) is 21.7. The van der Waals surface area contributed by atoms with Gasteiger partial charge in [0.05, 0.1) is 18.8 Å². The molecule has 0 unspecified atom stereocenters. The third kappa shape index (κ3) is 5.37. The number of methoxy groups -OCH3 is 1. The first-order chi connectivity index (χ1) is 13.9. The van der Waals surface area contributed by atoms with Crippen molar-refractivity contribution in [3.8, 4) is 0 Å². The van der Waals surface area contributed by atoms with Gasteiger partial charge in [-0.3, -0.25) is 0 Å². The SMILES string of the molecule is CO[C@@H](C[C@H](C)CO[Si](c1ccccc1)(c1ccccc1)C(C)(C)C)C[C@@H]1CO1. The Morgan fingerprint density at radius 2 is 1.52 bits per heavy atom. The maximum atomic E-state index is 7.05. The van der Waals surface area contributed by atoms with Crippen LogP contribution in [-0.4, -0.2) is 40.8 Å². The lowest BCUT2D eigenvalue weighted by atomic mass is 10.0. The molecule has 1 saturated heterocycles. The van der Waals surface area contributed by atoms with Gasteiger partial charge in [-0.15, -0.1) is 0 Å². The van der Waals surface area contributed by atoms with Crippen LogP contribution in [0.15, 0.2) is 60.7 Å². The van der Waals surface area contributed by atoms with E-state index in [4.69, 9.17) is 13.9 Å². The molecule has 0 radical (unpaired) electrons. The number of ether oxygens (including phenoxy) is 2. The third-order valence-electron chi connectivity index (χ3n) is 5.93. The van der Waals surface area contributed by atoms with Crippen LogP contribution in [0.3, 0.4) is 0 Å². The molecular weight excluding hydrogens is 376 g/mol. The Labute approximate surface area is 177 Å². The quantitative estimate of drug-likeness (QED) is 0.428. The molecule has 0 saturated carbocycles. The van der Waals surface area contributed by atoms with Crippen molar-refractivity contribution in [3.05, 3.63) is 60.7 Å². The first-order valence-corrected chi connectivity index (χ1v) is 12.7. The first kappa shape index (κ1) is 22.2. The molecule has 1 aliphatic heterocycles. The molecule has 0 aromatic heterocycles. The van der Waals surface area contributed by atoms with E-state index in [1.54, 1.807) is 0 Å². The summed E-state index contributed by atoms with van der Waals surface area (Å²) < 4.78 is 18.2. The number of epoxide rings is 1. The molecule has 29 heavy (non-hydrogen) atoms. The van der Waals surface area contributed by atoms with Gasteiger partial charge in [-0.05, 0) is 27.8 Å². The van der Waals surface area contributed by atoms with Crippen LogP contribution in [0.4, 0.5) is 0 Å². The zero-order valence-corrected chi connectivity index (χ0v) is 19.6. The summed E-state index contributed by atoms with van der Waals surface area (Å²) in [5, 5.41) is 2.68. The predicted octanol–water partition coefficient (Wildman–Crippen LogP) is 4.39. The zero-order valence-electron chi connectivity index (χ0n) is 18.6. The molecule has 1 fully saturated rings. The van der Waals surface area contributed by atoms with Crippen LogP contribution >= 0.6 is 0 Å². The summed E-state index contributed by atoms with van der Waals surface area (Å²) in [6.45, 7) is 10.9. The third-order valence-corrected chi connectivity index (χ3v) is 10.9. The minimum atomic E-state index is -2.46. The van der Waals surface area contributed by atoms with Gasteiger partial charge in [0.1, 0.15) is 0 Å². The second-order valence-corrected chi connectivity index (χ2v) is 13.7. The van der Waals surface area contributed by atoms with Gasteiger partial charge in [0, 0.05) is 20.1 Å². The molecule has 4 heteroatoms. The van der Waals surface area contributed by atoms with Crippen LogP contribution in [0.25, 0.3) is 0 Å². The molecule has 0 N–H and O–H groups in total. The Morgan fingerprint density at radius 3 is 1.93 bits per heavy atom. The molecule has 3 rings (SSSR count). The van der Waals surface area contributed by atoms with Crippen molar-refractivity contribution in [3.63, 3.8) is 0 Å². The highest BCUT2D eigenvalue weighted by molar-refractivity contribution is 6.99. The fourth-order valence-electron chi connectivity index (χ4n) is 4.33. The van der Waals surface area contributed by atoms with E-state index < -0.39 is 8.32 Å². The average Bonchev–Trinajstić information content (AvgIpc) is 3.52. The molecule has 1 aliphatic rings. The Hall–Kier alpha value is -1.46. The highest BCUT2D eigenvalue weighted by Gasteiger charge is 2.50. The minimum absolute atomic E-state index is 0.0118. The lowest BCUT2D eigenvalue weighted by molar-refractivity contribution is 0.0604. The molecule has 158 valence electrons. The first-order valence-electron chi connectivity index (χ1n) is 10.8. The predicted molar refractivity (Wildman–Crippen MR) is 123 cm³/mol. The van der Waals surface area contributed by atoms with Crippen LogP contribution < -0.4 is 10.4 Å². The van der Waals surface area contributed by atoms with Crippen LogP contribution in [-0.2, 0) is 13.9 Å². The Bertz CT molecular complexity index is 698. The maximum absolute atomic E-state index is 7.05. The summed E-state index contributed by atoms with van der Waals surface area (Å²) in [5.74, 6) is 0.417. The second-order valence-electron chi connectivity index (χ2n) is 9.36. The van der Waals surface area contributed by atoms with Gasteiger partial charge in [0.2, 0.25) is 0 Å². The summed E-state index contributed by atoms with van der Waals surface area (Å²) in [7, 11) is -0.650. The Morgan fingerprint density at radius 1 is 1.00 bits per heavy atom. The van der Waals surface area contributed by atoms with Gasteiger partial charge in [0.15, 0.2) is 0 Å². The number of benzene rings is 2. The Kier molecular flexibility index (Phi) is 7.33. The summed E-state index contributed by atoms with van der Waals surface area (Å²) in [5.41, 5.74) is 0. The number of hydrogen-bond donors (Lipinski definition) is 0. The molecule has 3 nitrogen and oxygen atoms in total. The highest BCUT2D eigenvalue weighted by atomic mass is 28.4. The molecule has 0 amide bonds. The van der Waals surface area contributed by atoms with E-state index in [1.165, 1.54) is 10.4 Å². The highest BCUT2D eigenvalue weighted by Crippen LogP contribution is 2.37. The smallest absolute Gasteiger partial charge is 0.261 e. The van der Waals surface area contributed by atoms with E-state index in [-0.39, 0.29) is 11.1 Å². The summed E-state index contributed by atoms with van der Waals surface area (Å²) in [6.07, 6.45) is 2.61. The van der Waals surface area contributed by atoms with E-state index in [0.717, 1.165) is 26.1 Å².